The summed E-state index contributed by atoms with van der Waals surface area (Å²) in [6.45, 7) is 8.16. The highest BCUT2D eigenvalue weighted by Crippen LogP contribution is 2.11. The second-order valence-electron chi connectivity index (χ2n) is 4.67. The first kappa shape index (κ1) is 13.3. The molecule has 2 amide bonds. The number of unbranched alkanes of at least 4 members (excludes halogenated alkanes) is 2. The second-order valence-corrected chi connectivity index (χ2v) is 4.67. The standard InChI is InChI=1S/C13H26N2O/c1-3-5-9-14-11-7-8-12-15(13(14)16)10-6-4-2/h3-12H2,1-2H3. The molecule has 0 bridgehead atoms. The monoisotopic (exact) mass is 226 g/mol. The summed E-state index contributed by atoms with van der Waals surface area (Å²) >= 11 is 0. The lowest BCUT2D eigenvalue weighted by molar-refractivity contribution is 0.161. The van der Waals surface area contributed by atoms with Gasteiger partial charge in [-0.15, -0.1) is 0 Å². The average Bonchev–Trinajstić information content (AvgIpc) is 2.47. The van der Waals surface area contributed by atoms with E-state index >= 15 is 0 Å². The molecule has 3 heteroatoms. The van der Waals surface area contributed by atoms with Crippen LogP contribution in [-0.4, -0.2) is 42.0 Å². The van der Waals surface area contributed by atoms with Crippen LogP contribution in [0.3, 0.4) is 0 Å². The number of carbonyl (C=O) groups excluding carboxylic acids is 1. The highest BCUT2D eigenvalue weighted by atomic mass is 16.2. The van der Waals surface area contributed by atoms with Gasteiger partial charge in [-0.05, 0) is 25.7 Å². The van der Waals surface area contributed by atoms with Crippen molar-refractivity contribution in [3.8, 4) is 0 Å². The second kappa shape index (κ2) is 7.53. The van der Waals surface area contributed by atoms with Crippen molar-refractivity contribution in [2.24, 2.45) is 0 Å². The molecule has 1 heterocycles. The predicted octanol–water partition coefficient (Wildman–Crippen LogP) is 3.10. The zero-order chi connectivity index (χ0) is 11.8. The van der Waals surface area contributed by atoms with E-state index in [1.165, 1.54) is 12.8 Å². The summed E-state index contributed by atoms with van der Waals surface area (Å²) in [7, 11) is 0. The fraction of sp³-hybridized carbons (Fsp3) is 0.923. The number of nitrogens with zero attached hydrogens (tertiary/aromatic N) is 2. The molecule has 1 aliphatic heterocycles. The molecule has 0 aromatic carbocycles. The quantitative estimate of drug-likeness (QED) is 0.682. The molecule has 1 fully saturated rings. The Bertz CT molecular complexity index is 186. The molecule has 0 unspecified atom stereocenters. The van der Waals surface area contributed by atoms with Gasteiger partial charge < -0.3 is 9.80 Å². The number of rotatable bonds is 6. The van der Waals surface area contributed by atoms with Crippen LogP contribution >= 0.6 is 0 Å². The molecule has 1 aliphatic rings. The SMILES string of the molecule is CCCCN1CCCCN(CCCC)C1=O. The maximum absolute atomic E-state index is 12.2. The van der Waals surface area contributed by atoms with Crippen molar-refractivity contribution < 1.29 is 4.79 Å². The first-order valence-corrected chi connectivity index (χ1v) is 6.83. The summed E-state index contributed by atoms with van der Waals surface area (Å²) in [6.07, 6.45) is 6.92. The summed E-state index contributed by atoms with van der Waals surface area (Å²) in [4.78, 5) is 16.3. The van der Waals surface area contributed by atoms with E-state index in [1.807, 2.05) is 9.80 Å². The van der Waals surface area contributed by atoms with E-state index in [-0.39, 0.29) is 6.03 Å². The van der Waals surface area contributed by atoms with Gasteiger partial charge in [0, 0.05) is 26.2 Å². The zero-order valence-corrected chi connectivity index (χ0v) is 10.9. The number of hydrogen-bond acceptors (Lipinski definition) is 1. The van der Waals surface area contributed by atoms with Crippen molar-refractivity contribution in [2.75, 3.05) is 26.2 Å². The van der Waals surface area contributed by atoms with Crippen LogP contribution in [0.5, 0.6) is 0 Å². The van der Waals surface area contributed by atoms with Crippen molar-refractivity contribution in [2.45, 2.75) is 52.4 Å². The van der Waals surface area contributed by atoms with Gasteiger partial charge in [-0.2, -0.15) is 0 Å². The van der Waals surface area contributed by atoms with Crippen LogP contribution in [-0.2, 0) is 0 Å². The minimum Gasteiger partial charge on any atom is -0.325 e. The molecule has 0 spiro atoms. The number of urea groups is 1. The summed E-state index contributed by atoms with van der Waals surface area (Å²) in [5, 5.41) is 0. The van der Waals surface area contributed by atoms with Crippen molar-refractivity contribution >= 4 is 6.03 Å². The van der Waals surface area contributed by atoms with E-state index in [2.05, 4.69) is 13.8 Å². The Hall–Kier alpha value is -0.730. The summed E-state index contributed by atoms with van der Waals surface area (Å²) < 4.78 is 0. The molecule has 0 aromatic heterocycles. The largest absolute Gasteiger partial charge is 0.325 e. The van der Waals surface area contributed by atoms with Crippen LogP contribution in [0.15, 0.2) is 0 Å². The minimum atomic E-state index is 0.277. The Labute approximate surface area is 99.8 Å². The topological polar surface area (TPSA) is 23.6 Å². The lowest BCUT2D eigenvalue weighted by Gasteiger charge is -2.27. The zero-order valence-electron chi connectivity index (χ0n) is 10.9. The van der Waals surface area contributed by atoms with Gasteiger partial charge in [-0.1, -0.05) is 26.7 Å². The Morgan fingerprint density at radius 1 is 0.938 bits per heavy atom. The lowest BCUT2D eigenvalue weighted by atomic mass is 10.3. The molecule has 0 aliphatic carbocycles. The minimum absolute atomic E-state index is 0.277. The third-order valence-electron chi connectivity index (χ3n) is 3.21. The van der Waals surface area contributed by atoms with E-state index < -0.39 is 0 Å². The maximum atomic E-state index is 12.2. The van der Waals surface area contributed by atoms with Gasteiger partial charge in [0.15, 0.2) is 0 Å². The normalized spacial score (nSPS) is 17.8. The summed E-state index contributed by atoms with van der Waals surface area (Å²) in [6, 6.07) is 0.277. The van der Waals surface area contributed by atoms with Gasteiger partial charge in [-0.3, -0.25) is 0 Å². The lowest BCUT2D eigenvalue weighted by Crippen LogP contribution is -2.42. The summed E-state index contributed by atoms with van der Waals surface area (Å²) in [5.41, 5.74) is 0. The Kier molecular flexibility index (Phi) is 6.27. The van der Waals surface area contributed by atoms with Gasteiger partial charge >= 0.3 is 6.03 Å². The number of carbonyl (C=O) groups is 1. The third kappa shape index (κ3) is 4.03. The molecule has 16 heavy (non-hydrogen) atoms. The fourth-order valence-electron chi connectivity index (χ4n) is 2.11. The van der Waals surface area contributed by atoms with Crippen molar-refractivity contribution in [3.05, 3.63) is 0 Å². The van der Waals surface area contributed by atoms with Crippen molar-refractivity contribution in [1.82, 2.24) is 9.80 Å². The van der Waals surface area contributed by atoms with Gasteiger partial charge in [0.25, 0.3) is 0 Å². The van der Waals surface area contributed by atoms with Gasteiger partial charge in [0.05, 0.1) is 0 Å². The molecule has 1 rings (SSSR count). The first-order valence-electron chi connectivity index (χ1n) is 6.83. The third-order valence-corrected chi connectivity index (χ3v) is 3.21. The van der Waals surface area contributed by atoms with E-state index in [0.29, 0.717) is 0 Å². The Morgan fingerprint density at radius 3 is 1.75 bits per heavy atom. The van der Waals surface area contributed by atoms with Crippen LogP contribution < -0.4 is 0 Å². The number of hydrogen-bond donors (Lipinski definition) is 0. The molecular formula is C13H26N2O. The number of amides is 2. The van der Waals surface area contributed by atoms with Gasteiger partial charge in [0.1, 0.15) is 0 Å². The summed E-state index contributed by atoms with van der Waals surface area (Å²) in [5.74, 6) is 0. The van der Waals surface area contributed by atoms with Crippen LogP contribution in [0.25, 0.3) is 0 Å². The van der Waals surface area contributed by atoms with E-state index in [0.717, 1.165) is 51.9 Å². The van der Waals surface area contributed by atoms with Crippen molar-refractivity contribution in [1.29, 1.82) is 0 Å². The molecular weight excluding hydrogens is 200 g/mol. The molecule has 94 valence electrons. The molecule has 0 N–H and O–H groups in total. The van der Waals surface area contributed by atoms with Crippen LogP contribution in [0.2, 0.25) is 0 Å². The molecule has 0 atom stereocenters. The van der Waals surface area contributed by atoms with Crippen LogP contribution in [0.1, 0.15) is 52.4 Å². The Balaban J connectivity index is 2.47. The first-order chi connectivity index (χ1) is 7.79. The van der Waals surface area contributed by atoms with Gasteiger partial charge in [0.2, 0.25) is 0 Å². The molecule has 0 radical (unpaired) electrons. The van der Waals surface area contributed by atoms with Gasteiger partial charge in [-0.25, -0.2) is 4.79 Å². The van der Waals surface area contributed by atoms with E-state index in [4.69, 9.17) is 0 Å². The van der Waals surface area contributed by atoms with Crippen molar-refractivity contribution in [3.63, 3.8) is 0 Å². The molecule has 3 nitrogen and oxygen atoms in total. The smallest absolute Gasteiger partial charge is 0.319 e. The average molecular weight is 226 g/mol. The Morgan fingerprint density at radius 2 is 1.38 bits per heavy atom. The highest BCUT2D eigenvalue weighted by Gasteiger charge is 2.22. The van der Waals surface area contributed by atoms with E-state index in [9.17, 15) is 4.79 Å². The van der Waals surface area contributed by atoms with Crippen LogP contribution in [0, 0.1) is 0 Å². The maximum Gasteiger partial charge on any atom is 0.319 e. The molecule has 0 aromatic rings. The fourth-order valence-corrected chi connectivity index (χ4v) is 2.11. The molecule has 0 saturated carbocycles. The van der Waals surface area contributed by atoms with Crippen LogP contribution in [0.4, 0.5) is 4.79 Å². The highest BCUT2D eigenvalue weighted by molar-refractivity contribution is 5.74. The molecule has 1 saturated heterocycles. The predicted molar refractivity (Wildman–Crippen MR) is 67.6 cm³/mol. The van der Waals surface area contributed by atoms with E-state index in [1.54, 1.807) is 0 Å².